The molecular weight excluding hydrogens is 473 g/mol. The van der Waals surface area contributed by atoms with Gasteiger partial charge in [0.1, 0.15) is 0 Å². The van der Waals surface area contributed by atoms with Crippen molar-refractivity contribution >= 4 is 17.8 Å². The molecule has 2 heterocycles. The lowest BCUT2D eigenvalue weighted by atomic mass is 9.84. The molecule has 35 heavy (non-hydrogen) atoms. The van der Waals surface area contributed by atoms with Gasteiger partial charge in [-0.15, -0.1) is 0 Å². The Morgan fingerprint density at radius 2 is 1.77 bits per heavy atom. The Hall–Kier alpha value is -2.70. The van der Waals surface area contributed by atoms with Crippen LogP contribution in [0.25, 0.3) is 0 Å². The molecule has 1 atom stereocenters. The molecule has 0 radical (unpaired) electrons. The summed E-state index contributed by atoms with van der Waals surface area (Å²) in [5.74, 6) is -4.44. The molecule has 1 saturated carbocycles. The third kappa shape index (κ3) is 8.18. The quantitative estimate of drug-likeness (QED) is 0.389. The zero-order valence-electron chi connectivity index (χ0n) is 19.7. The molecule has 0 aromatic carbocycles. The van der Waals surface area contributed by atoms with Crippen molar-refractivity contribution in [2.24, 2.45) is 5.92 Å². The average Bonchev–Trinajstić information content (AvgIpc) is 3.32. The van der Waals surface area contributed by atoms with Crippen molar-refractivity contribution in [1.82, 2.24) is 19.9 Å². The van der Waals surface area contributed by atoms with E-state index in [1.54, 1.807) is 4.90 Å². The van der Waals surface area contributed by atoms with Crippen LogP contribution in [0, 0.1) is 5.92 Å². The third-order valence-corrected chi connectivity index (χ3v) is 6.52. The fourth-order valence-corrected chi connectivity index (χ4v) is 4.45. The molecule has 196 valence electrons. The number of hydrogen-bond donors (Lipinski definition) is 0. The summed E-state index contributed by atoms with van der Waals surface area (Å²) in [6.07, 6.45) is 2.22. The van der Waals surface area contributed by atoms with Crippen molar-refractivity contribution in [2.45, 2.75) is 69.9 Å². The first-order chi connectivity index (χ1) is 16.6. The SMILES string of the molecule is CN1CCN(C(=O)c2noc([C@H](CCCC3CCCCC3)CC(=O)OOC(=O)C(F)(F)F)n2)CC1. The van der Waals surface area contributed by atoms with E-state index in [1.807, 2.05) is 7.05 Å². The number of nitrogens with zero attached hydrogens (tertiary/aromatic N) is 4. The van der Waals surface area contributed by atoms with Gasteiger partial charge >= 0.3 is 18.1 Å². The van der Waals surface area contributed by atoms with Gasteiger partial charge in [0.15, 0.2) is 0 Å². The van der Waals surface area contributed by atoms with Crippen LogP contribution in [0.4, 0.5) is 13.2 Å². The zero-order valence-corrected chi connectivity index (χ0v) is 19.7. The molecule has 0 unspecified atom stereocenters. The molecule has 0 N–H and O–H groups in total. The maximum absolute atomic E-state index is 12.7. The monoisotopic (exact) mass is 504 g/mol. The first-order valence-electron chi connectivity index (χ1n) is 11.9. The van der Waals surface area contributed by atoms with Crippen molar-refractivity contribution in [2.75, 3.05) is 33.2 Å². The Kier molecular flexibility index (Phi) is 9.47. The molecule has 1 aromatic heterocycles. The second kappa shape index (κ2) is 12.3. The molecule has 1 aliphatic carbocycles. The summed E-state index contributed by atoms with van der Waals surface area (Å²) in [5.41, 5.74) is 0. The number of amides is 1. The first kappa shape index (κ1) is 26.9. The minimum atomic E-state index is -5.29. The Bertz CT molecular complexity index is 864. The van der Waals surface area contributed by atoms with E-state index in [4.69, 9.17) is 4.52 Å². The van der Waals surface area contributed by atoms with Crippen molar-refractivity contribution in [3.63, 3.8) is 0 Å². The minimum Gasteiger partial charge on any atom is -0.338 e. The summed E-state index contributed by atoms with van der Waals surface area (Å²) < 4.78 is 42.1. The maximum atomic E-state index is 12.7. The van der Waals surface area contributed by atoms with Crippen LogP contribution in [-0.4, -0.2) is 77.2 Å². The largest absolute Gasteiger partial charge is 0.495 e. The highest BCUT2D eigenvalue weighted by molar-refractivity contribution is 5.90. The standard InChI is InChI=1S/C22H31F3N4O6/c1-28-10-12-29(13-11-28)20(31)18-26-19(33-27-18)16(9-5-8-15-6-3-2-4-7-15)14-17(30)34-35-21(32)22(23,24)25/h15-16H,2-14H2,1H3/t16-/m1/s1. The van der Waals surface area contributed by atoms with Gasteiger partial charge in [-0.25, -0.2) is 19.4 Å². The predicted molar refractivity (Wildman–Crippen MR) is 114 cm³/mol. The molecule has 1 aromatic rings. The highest BCUT2D eigenvalue weighted by Gasteiger charge is 2.43. The van der Waals surface area contributed by atoms with Crippen LogP contribution in [-0.2, 0) is 19.4 Å². The number of hydrogen-bond acceptors (Lipinski definition) is 9. The molecule has 13 heteroatoms. The summed E-state index contributed by atoms with van der Waals surface area (Å²) in [6.45, 7) is 2.45. The van der Waals surface area contributed by atoms with Crippen LogP contribution >= 0.6 is 0 Å². The van der Waals surface area contributed by atoms with Gasteiger partial charge in [-0.05, 0) is 19.4 Å². The fraction of sp³-hybridized carbons (Fsp3) is 0.773. The van der Waals surface area contributed by atoms with Gasteiger partial charge in [0, 0.05) is 32.1 Å². The third-order valence-electron chi connectivity index (χ3n) is 6.52. The number of halogens is 3. The summed E-state index contributed by atoms with van der Waals surface area (Å²) in [4.78, 5) is 51.2. The maximum Gasteiger partial charge on any atom is 0.495 e. The molecule has 2 aliphatic rings. The average molecular weight is 505 g/mol. The lowest BCUT2D eigenvalue weighted by Crippen LogP contribution is -2.47. The predicted octanol–water partition coefficient (Wildman–Crippen LogP) is 3.25. The van der Waals surface area contributed by atoms with Crippen molar-refractivity contribution < 1.29 is 41.9 Å². The van der Waals surface area contributed by atoms with Crippen LogP contribution in [0.5, 0.6) is 0 Å². The summed E-state index contributed by atoms with van der Waals surface area (Å²) in [6, 6.07) is 0. The first-order valence-corrected chi connectivity index (χ1v) is 11.9. The Morgan fingerprint density at radius 3 is 2.43 bits per heavy atom. The van der Waals surface area contributed by atoms with Crippen molar-refractivity contribution in [3.05, 3.63) is 11.7 Å². The molecule has 1 aliphatic heterocycles. The summed E-state index contributed by atoms with van der Waals surface area (Å²) in [5, 5.41) is 3.77. The lowest BCUT2D eigenvalue weighted by molar-refractivity contribution is -0.286. The fourth-order valence-electron chi connectivity index (χ4n) is 4.45. The van der Waals surface area contributed by atoms with Crippen LogP contribution < -0.4 is 0 Å². The second-order valence-electron chi connectivity index (χ2n) is 9.21. The zero-order chi connectivity index (χ0) is 25.4. The molecule has 0 bridgehead atoms. The number of carbonyl (C=O) groups excluding carboxylic acids is 3. The van der Waals surface area contributed by atoms with Gasteiger partial charge < -0.3 is 14.3 Å². The Balaban J connectivity index is 1.62. The van der Waals surface area contributed by atoms with E-state index in [9.17, 15) is 27.6 Å². The molecular formula is C22H31F3N4O6. The van der Waals surface area contributed by atoms with E-state index in [0.717, 1.165) is 25.7 Å². The Labute approximate surface area is 201 Å². The molecule has 2 fully saturated rings. The van der Waals surface area contributed by atoms with E-state index in [-0.39, 0.29) is 11.7 Å². The highest BCUT2D eigenvalue weighted by Crippen LogP contribution is 2.31. The van der Waals surface area contributed by atoms with Crippen LogP contribution in [0.3, 0.4) is 0 Å². The molecule has 1 amide bonds. The number of likely N-dealkylation sites (N-methyl/N-ethyl adjacent to an activating group) is 1. The van der Waals surface area contributed by atoms with Gasteiger partial charge in [-0.2, -0.15) is 18.2 Å². The molecule has 0 spiro atoms. The van der Waals surface area contributed by atoms with Crippen LogP contribution in [0.1, 0.15) is 80.2 Å². The number of rotatable bonds is 8. The topological polar surface area (TPSA) is 115 Å². The van der Waals surface area contributed by atoms with E-state index < -0.39 is 36.4 Å². The van der Waals surface area contributed by atoms with E-state index in [2.05, 4.69) is 24.8 Å². The van der Waals surface area contributed by atoms with Gasteiger partial charge in [0.25, 0.3) is 11.7 Å². The smallest absolute Gasteiger partial charge is 0.338 e. The molecule has 1 saturated heterocycles. The van der Waals surface area contributed by atoms with E-state index in [0.29, 0.717) is 38.5 Å². The number of carbonyl (C=O) groups is 3. The number of aromatic nitrogens is 2. The number of piperazine rings is 1. The van der Waals surface area contributed by atoms with Gasteiger partial charge in [-0.3, -0.25) is 4.79 Å². The highest BCUT2D eigenvalue weighted by atomic mass is 19.4. The van der Waals surface area contributed by atoms with Gasteiger partial charge in [-0.1, -0.05) is 50.1 Å². The number of alkyl halides is 3. The van der Waals surface area contributed by atoms with Gasteiger partial charge in [0.05, 0.1) is 6.42 Å². The normalized spacial score (nSPS) is 18.8. The lowest BCUT2D eigenvalue weighted by Gasteiger charge is -2.31. The van der Waals surface area contributed by atoms with Crippen LogP contribution in [0.15, 0.2) is 4.52 Å². The Morgan fingerprint density at radius 1 is 1.09 bits per heavy atom. The van der Waals surface area contributed by atoms with Crippen molar-refractivity contribution in [1.29, 1.82) is 0 Å². The summed E-state index contributed by atoms with van der Waals surface area (Å²) in [7, 11) is 1.96. The molecule has 3 rings (SSSR count). The minimum absolute atomic E-state index is 0.0187. The van der Waals surface area contributed by atoms with E-state index >= 15 is 0 Å². The van der Waals surface area contributed by atoms with Crippen molar-refractivity contribution in [3.8, 4) is 0 Å². The summed E-state index contributed by atoms with van der Waals surface area (Å²) >= 11 is 0. The van der Waals surface area contributed by atoms with E-state index in [1.165, 1.54) is 19.3 Å². The second-order valence-corrected chi connectivity index (χ2v) is 9.21. The molecule has 10 nitrogen and oxygen atoms in total. The van der Waals surface area contributed by atoms with Crippen LogP contribution in [0.2, 0.25) is 0 Å². The van der Waals surface area contributed by atoms with Gasteiger partial charge in [0.2, 0.25) is 5.89 Å².